The van der Waals surface area contributed by atoms with Crippen molar-refractivity contribution in [3.8, 4) is 22.4 Å². The van der Waals surface area contributed by atoms with Crippen molar-refractivity contribution in [2.45, 2.75) is 6.17 Å². The van der Waals surface area contributed by atoms with E-state index in [1.807, 2.05) is 24.3 Å². The fourth-order valence-corrected chi connectivity index (χ4v) is 9.84. The smallest absolute Gasteiger partial charge is 0.136 e. The topological polar surface area (TPSA) is 64.8 Å². The zero-order valence-corrected chi connectivity index (χ0v) is 31.8. The third kappa shape index (κ3) is 5.19. The number of aliphatic imine (C=N–C) groups is 2. The number of aromatic nitrogens is 1. The fraction of sp³-hybridized carbons (Fsp3) is 0.0192. The maximum absolute atomic E-state index is 6.35. The van der Waals surface area contributed by atoms with Gasteiger partial charge in [0.1, 0.15) is 11.2 Å². The van der Waals surface area contributed by atoms with Crippen molar-refractivity contribution in [2.75, 3.05) is 0 Å². The molecule has 0 saturated heterocycles. The van der Waals surface area contributed by atoms with Crippen LogP contribution in [0, 0.1) is 0 Å². The molecule has 0 spiro atoms. The van der Waals surface area contributed by atoms with Gasteiger partial charge < -0.3 is 14.7 Å². The highest BCUT2D eigenvalue weighted by molar-refractivity contribution is 7.26. The van der Waals surface area contributed by atoms with E-state index in [0.717, 1.165) is 82.0 Å². The fourth-order valence-electron chi connectivity index (χ4n) is 8.62. The van der Waals surface area contributed by atoms with Crippen LogP contribution in [-0.2, 0) is 0 Å². The second-order valence-corrected chi connectivity index (χ2v) is 15.7. The first-order valence-electron chi connectivity index (χ1n) is 19.4. The molecule has 5 nitrogen and oxygen atoms in total. The minimum absolute atomic E-state index is 0.529. The van der Waals surface area contributed by atoms with Gasteiger partial charge in [-0.1, -0.05) is 157 Å². The van der Waals surface area contributed by atoms with Crippen LogP contribution in [0.25, 0.3) is 91.5 Å². The lowest BCUT2D eigenvalue weighted by Crippen LogP contribution is -2.16. The van der Waals surface area contributed by atoms with E-state index >= 15 is 0 Å². The minimum atomic E-state index is -0.529. The lowest BCUT2D eigenvalue weighted by molar-refractivity contribution is 0.669. The average Bonchev–Trinajstić information content (AvgIpc) is 3.87. The Bertz CT molecular complexity index is 3490. The molecule has 0 saturated carbocycles. The van der Waals surface area contributed by atoms with Crippen LogP contribution in [0.1, 0.15) is 22.9 Å². The highest BCUT2D eigenvalue weighted by Gasteiger charge is 2.22. The van der Waals surface area contributed by atoms with Gasteiger partial charge in [0.15, 0.2) is 0 Å². The Balaban J connectivity index is 1.09. The predicted molar refractivity (Wildman–Crippen MR) is 242 cm³/mol. The minimum Gasteiger partial charge on any atom is -0.456 e. The number of hydrogen-bond acceptors (Lipinski definition) is 5. The molecule has 0 bridgehead atoms. The van der Waals surface area contributed by atoms with E-state index in [1.165, 1.54) is 20.9 Å². The number of furan rings is 1. The predicted octanol–water partition coefficient (Wildman–Crippen LogP) is 14.3. The van der Waals surface area contributed by atoms with E-state index in [9.17, 15) is 0 Å². The molecule has 4 heterocycles. The molecular formula is C52H31N4OS-. The molecule has 58 heavy (non-hydrogen) atoms. The van der Waals surface area contributed by atoms with E-state index in [0.29, 0.717) is 11.7 Å². The van der Waals surface area contributed by atoms with E-state index < -0.39 is 6.17 Å². The Kier molecular flexibility index (Phi) is 7.40. The van der Waals surface area contributed by atoms with Crippen molar-refractivity contribution >= 4 is 86.8 Å². The van der Waals surface area contributed by atoms with Crippen LogP contribution in [-0.4, -0.2) is 16.7 Å². The molecule has 0 amide bonds. The number of thiophene rings is 1. The first kappa shape index (κ1) is 32.8. The third-order valence-corrected chi connectivity index (χ3v) is 12.5. The lowest BCUT2D eigenvalue weighted by atomic mass is 9.95. The van der Waals surface area contributed by atoms with Crippen LogP contribution >= 0.6 is 11.3 Å². The molecule has 1 unspecified atom stereocenters. The molecule has 272 valence electrons. The number of benzene rings is 8. The maximum Gasteiger partial charge on any atom is 0.136 e. The summed E-state index contributed by atoms with van der Waals surface area (Å²) in [6, 6.07) is 63.4. The van der Waals surface area contributed by atoms with Gasteiger partial charge in [-0.2, -0.15) is 0 Å². The summed E-state index contributed by atoms with van der Waals surface area (Å²) in [5.74, 6) is 1.27. The Labute approximate surface area is 337 Å². The second kappa shape index (κ2) is 13.1. The summed E-state index contributed by atoms with van der Waals surface area (Å²) in [6.45, 7) is 0. The lowest BCUT2D eigenvalue weighted by Gasteiger charge is -2.33. The third-order valence-electron chi connectivity index (χ3n) is 11.3. The standard InChI is InChI=1S/C52H31N4OS/c1-3-14-31(15-4-1)34-18-7-8-20-37(34)51-54-50(33-26-27-36-35-19-10-12-25-43(35)57-44(36)30-33)55-52(56-51)41-23-13-22-40-47-45(58-49(40)41)29-28-39-46(47)38-21-9-11-24-42(38)53-48(39)32-16-5-2-6-17-32/h1-30,51H/q-1. The summed E-state index contributed by atoms with van der Waals surface area (Å²) in [4.78, 5) is 15.9. The second-order valence-electron chi connectivity index (χ2n) is 14.6. The first-order chi connectivity index (χ1) is 28.7. The Morgan fingerprint density at radius 3 is 2.07 bits per heavy atom. The zero-order valence-electron chi connectivity index (χ0n) is 31.0. The Morgan fingerprint density at radius 1 is 0.500 bits per heavy atom. The van der Waals surface area contributed by atoms with Crippen molar-refractivity contribution in [2.24, 2.45) is 9.98 Å². The Hall–Kier alpha value is -7.41. The highest BCUT2D eigenvalue weighted by Crippen LogP contribution is 2.45. The van der Waals surface area contributed by atoms with Gasteiger partial charge in [-0.15, -0.1) is 11.3 Å². The van der Waals surface area contributed by atoms with Gasteiger partial charge in [-0.3, -0.25) is 4.99 Å². The van der Waals surface area contributed by atoms with Crippen molar-refractivity contribution in [3.05, 3.63) is 204 Å². The van der Waals surface area contributed by atoms with Gasteiger partial charge in [-0.05, 0) is 52.6 Å². The molecule has 0 fully saturated rings. The van der Waals surface area contributed by atoms with Gasteiger partial charge in [0, 0.05) is 58.2 Å². The van der Waals surface area contributed by atoms with Crippen LogP contribution in [0.4, 0.5) is 0 Å². The molecule has 11 aromatic rings. The van der Waals surface area contributed by atoms with Crippen molar-refractivity contribution in [3.63, 3.8) is 0 Å². The monoisotopic (exact) mass is 759 g/mol. The van der Waals surface area contributed by atoms with Crippen LogP contribution in [0.15, 0.2) is 196 Å². The molecule has 3 aromatic heterocycles. The normalized spacial score (nSPS) is 14.4. The number of pyridine rings is 1. The van der Waals surface area contributed by atoms with Crippen molar-refractivity contribution < 1.29 is 4.42 Å². The summed E-state index contributed by atoms with van der Waals surface area (Å²) in [7, 11) is 0. The van der Waals surface area contributed by atoms with E-state index in [2.05, 4.69) is 158 Å². The molecule has 1 aliphatic rings. The van der Waals surface area contributed by atoms with Gasteiger partial charge in [0.25, 0.3) is 0 Å². The number of hydrogen-bond donors (Lipinski definition) is 0. The van der Waals surface area contributed by atoms with E-state index in [-0.39, 0.29) is 0 Å². The van der Waals surface area contributed by atoms with Gasteiger partial charge in [0.2, 0.25) is 0 Å². The number of rotatable bonds is 5. The van der Waals surface area contributed by atoms with Gasteiger partial charge in [-0.25, -0.2) is 4.98 Å². The van der Waals surface area contributed by atoms with Crippen LogP contribution in [0.3, 0.4) is 0 Å². The molecule has 8 aromatic carbocycles. The SMILES string of the molecule is c1ccc(-c2ccccc2C2N=C(c3cccc4c3sc3ccc5c(-c6ccccc6)nc6ccccc6c5c34)N=C(c3ccc4c(c3)oc3ccccc34)[N-]2)cc1. The quantitative estimate of drug-likeness (QED) is 0.164. The molecular weight excluding hydrogens is 729 g/mol. The Morgan fingerprint density at radius 2 is 1.19 bits per heavy atom. The summed E-state index contributed by atoms with van der Waals surface area (Å²) >= 11 is 1.79. The van der Waals surface area contributed by atoms with Crippen LogP contribution in [0.5, 0.6) is 0 Å². The highest BCUT2D eigenvalue weighted by atomic mass is 32.1. The number of amidine groups is 2. The van der Waals surface area contributed by atoms with Gasteiger partial charge in [0.05, 0.1) is 23.2 Å². The molecule has 0 radical (unpaired) electrons. The first-order valence-corrected chi connectivity index (χ1v) is 20.2. The number of nitrogens with zero attached hydrogens (tertiary/aromatic N) is 4. The van der Waals surface area contributed by atoms with Crippen molar-refractivity contribution in [1.82, 2.24) is 4.98 Å². The van der Waals surface area contributed by atoms with E-state index in [1.54, 1.807) is 11.3 Å². The van der Waals surface area contributed by atoms with Gasteiger partial charge >= 0.3 is 0 Å². The summed E-state index contributed by atoms with van der Waals surface area (Å²) < 4.78 is 8.69. The molecule has 1 atom stereocenters. The maximum atomic E-state index is 6.35. The summed E-state index contributed by atoms with van der Waals surface area (Å²) in [5.41, 5.74) is 9.81. The summed E-state index contributed by atoms with van der Waals surface area (Å²) in [6.07, 6.45) is -0.529. The van der Waals surface area contributed by atoms with Crippen LogP contribution < -0.4 is 0 Å². The van der Waals surface area contributed by atoms with E-state index in [4.69, 9.17) is 24.7 Å². The number of fused-ring (bicyclic) bond motifs is 10. The van der Waals surface area contributed by atoms with Crippen molar-refractivity contribution in [1.29, 1.82) is 0 Å². The average molecular weight is 760 g/mol. The molecule has 0 N–H and O–H groups in total. The largest absolute Gasteiger partial charge is 0.456 e. The molecule has 0 aliphatic carbocycles. The zero-order chi connectivity index (χ0) is 38.2. The molecule has 1 aliphatic heterocycles. The number of para-hydroxylation sites is 2. The summed E-state index contributed by atoms with van der Waals surface area (Å²) in [5, 5.41) is 13.3. The molecule has 6 heteroatoms. The molecule has 12 rings (SSSR count). The van der Waals surface area contributed by atoms with Crippen LogP contribution in [0.2, 0.25) is 0 Å².